The van der Waals surface area contributed by atoms with Crippen LogP contribution in [-0.4, -0.2) is 16.2 Å². The SMILES string of the molecule is Cc1cc(C)cc(OCCn2c(Cc3ccc(-c4ccccc4)cc3)nc3ccccc32)c1. The third-order valence-corrected chi connectivity index (χ3v) is 5.94. The van der Waals surface area contributed by atoms with E-state index >= 15 is 0 Å². The second kappa shape index (κ2) is 9.33. The smallest absolute Gasteiger partial charge is 0.119 e. The maximum Gasteiger partial charge on any atom is 0.119 e. The van der Waals surface area contributed by atoms with E-state index in [-0.39, 0.29) is 0 Å². The summed E-state index contributed by atoms with van der Waals surface area (Å²) in [6.45, 7) is 5.56. The fraction of sp³-hybridized carbons (Fsp3) is 0.167. The molecule has 0 bridgehead atoms. The molecule has 33 heavy (non-hydrogen) atoms. The average Bonchev–Trinajstić information content (AvgIpc) is 3.16. The summed E-state index contributed by atoms with van der Waals surface area (Å²) >= 11 is 0. The Kier molecular flexibility index (Phi) is 5.95. The van der Waals surface area contributed by atoms with Crippen LogP contribution in [0.4, 0.5) is 0 Å². The lowest BCUT2D eigenvalue weighted by molar-refractivity contribution is 0.298. The van der Waals surface area contributed by atoms with Crippen LogP contribution in [0.15, 0.2) is 97.1 Å². The number of aromatic nitrogens is 2. The van der Waals surface area contributed by atoms with E-state index in [2.05, 4.69) is 103 Å². The van der Waals surface area contributed by atoms with Crippen molar-refractivity contribution in [3.63, 3.8) is 0 Å². The Labute approximate surface area is 195 Å². The monoisotopic (exact) mass is 432 g/mol. The van der Waals surface area contributed by atoms with Crippen molar-refractivity contribution in [2.75, 3.05) is 6.61 Å². The molecule has 3 nitrogen and oxygen atoms in total. The van der Waals surface area contributed by atoms with E-state index in [4.69, 9.17) is 9.72 Å². The second-order valence-corrected chi connectivity index (χ2v) is 8.58. The molecule has 0 spiro atoms. The quantitative estimate of drug-likeness (QED) is 0.277. The largest absolute Gasteiger partial charge is 0.492 e. The van der Waals surface area contributed by atoms with Crippen molar-refractivity contribution in [3.8, 4) is 16.9 Å². The fourth-order valence-electron chi connectivity index (χ4n) is 4.41. The Morgan fingerprint density at radius 2 is 1.39 bits per heavy atom. The zero-order chi connectivity index (χ0) is 22.6. The lowest BCUT2D eigenvalue weighted by Crippen LogP contribution is -2.11. The van der Waals surface area contributed by atoms with Gasteiger partial charge in [-0.1, -0.05) is 72.8 Å². The number of benzene rings is 4. The minimum Gasteiger partial charge on any atom is -0.492 e. The van der Waals surface area contributed by atoms with Crippen LogP contribution >= 0.6 is 0 Å². The van der Waals surface area contributed by atoms with E-state index in [9.17, 15) is 0 Å². The van der Waals surface area contributed by atoms with Crippen LogP contribution in [0.25, 0.3) is 22.2 Å². The predicted octanol–water partition coefficient (Wildman–Crippen LogP) is 6.99. The highest BCUT2D eigenvalue weighted by Crippen LogP contribution is 2.23. The summed E-state index contributed by atoms with van der Waals surface area (Å²) in [4.78, 5) is 4.95. The van der Waals surface area contributed by atoms with Gasteiger partial charge in [-0.15, -0.1) is 0 Å². The molecule has 0 atom stereocenters. The molecule has 0 saturated heterocycles. The third kappa shape index (κ3) is 4.83. The van der Waals surface area contributed by atoms with Crippen LogP contribution in [0, 0.1) is 13.8 Å². The Morgan fingerprint density at radius 1 is 0.727 bits per heavy atom. The molecule has 0 unspecified atom stereocenters. The standard InChI is InChI=1S/C30H28N2O/c1-22-18-23(2)20-27(19-22)33-17-16-32-29-11-7-6-10-28(29)31-30(32)21-24-12-14-26(15-13-24)25-8-4-3-5-9-25/h3-15,18-20H,16-17,21H2,1-2H3. The Bertz CT molecular complexity index is 1350. The van der Waals surface area contributed by atoms with Gasteiger partial charge in [-0.05, 0) is 65.9 Å². The molecular formula is C30H28N2O. The summed E-state index contributed by atoms with van der Waals surface area (Å²) in [6.07, 6.45) is 0.785. The van der Waals surface area contributed by atoms with Gasteiger partial charge in [0.25, 0.3) is 0 Å². The molecule has 4 aromatic carbocycles. The molecule has 1 aromatic heterocycles. The number of hydrogen-bond donors (Lipinski definition) is 0. The highest BCUT2D eigenvalue weighted by atomic mass is 16.5. The van der Waals surface area contributed by atoms with Gasteiger partial charge in [0.15, 0.2) is 0 Å². The van der Waals surface area contributed by atoms with Gasteiger partial charge >= 0.3 is 0 Å². The van der Waals surface area contributed by atoms with Crippen LogP contribution in [0.5, 0.6) is 5.75 Å². The summed E-state index contributed by atoms with van der Waals surface area (Å²) in [6, 6.07) is 34.0. The van der Waals surface area contributed by atoms with E-state index in [1.54, 1.807) is 0 Å². The first kappa shape index (κ1) is 21.0. The maximum atomic E-state index is 6.11. The summed E-state index contributed by atoms with van der Waals surface area (Å²) in [5.41, 5.74) is 8.34. The summed E-state index contributed by atoms with van der Waals surface area (Å²) < 4.78 is 8.41. The van der Waals surface area contributed by atoms with Gasteiger partial charge in [0.1, 0.15) is 18.2 Å². The van der Waals surface area contributed by atoms with Gasteiger partial charge in [-0.3, -0.25) is 0 Å². The molecule has 0 radical (unpaired) electrons. The highest BCUT2D eigenvalue weighted by molar-refractivity contribution is 5.76. The molecule has 0 aliphatic rings. The van der Waals surface area contributed by atoms with Gasteiger partial charge in [-0.2, -0.15) is 0 Å². The first-order chi connectivity index (χ1) is 16.2. The van der Waals surface area contributed by atoms with Crippen molar-refractivity contribution in [1.29, 1.82) is 0 Å². The minimum absolute atomic E-state index is 0.600. The molecule has 0 N–H and O–H groups in total. The van der Waals surface area contributed by atoms with Crippen molar-refractivity contribution in [1.82, 2.24) is 9.55 Å². The van der Waals surface area contributed by atoms with Gasteiger partial charge in [0.2, 0.25) is 0 Å². The number of hydrogen-bond acceptors (Lipinski definition) is 2. The Morgan fingerprint density at radius 3 is 2.15 bits per heavy atom. The van der Waals surface area contributed by atoms with Crippen molar-refractivity contribution < 1.29 is 4.74 Å². The number of ether oxygens (including phenoxy) is 1. The molecule has 5 aromatic rings. The number of nitrogens with zero attached hydrogens (tertiary/aromatic N) is 2. The van der Waals surface area contributed by atoms with E-state index < -0.39 is 0 Å². The van der Waals surface area contributed by atoms with E-state index in [0.717, 1.165) is 35.6 Å². The van der Waals surface area contributed by atoms with Crippen molar-refractivity contribution >= 4 is 11.0 Å². The third-order valence-electron chi connectivity index (χ3n) is 5.94. The van der Waals surface area contributed by atoms with E-state index in [1.165, 1.54) is 27.8 Å². The lowest BCUT2D eigenvalue weighted by Gasteiger charge is -2.12. The predicted molar refractivity (Wildman–Crippen MR) is 136 cm³/mol. The second-order valence-electron chi connectivity index (χ2n) is 8.58. The van der Waals surface area contributed by atoms with Crippen molar-refractivity contribution in [2.24, 2.45) is 0 Å². The first-order valence-electron chi connectivity index (χ1n) is 11.5. The maximum absolute atomic E-state index is 6.11. The van der Waals surface area contributed by atoms with Crippen LogP contribution in [-0.2, 0) is 13.0 Å². The van der Waals surface area contributed by atoms with Gasteiger partial charge < -0.3 is 9.30 Å². The number of fused-ring (bicyclic) bond motifs is 1. The van der Waals surface area contributed by atoms with E-state index in [1.807, 2.05) is 12.1 Å². The topological polar surface area (TPSA) is 27.1 Å². The number of imidazole rings is 1. The van der Waals surface area contributed by atoms with Gasteiger partial charge in [0, 0.05) is 6.42 Å². The van der Waals surface area contributed by atoms with Crippen LogP contribution in [0.3, 0.4) is 0 Å². The van der Waals surface area contributed by atoms with Crippen LogP contribution < -0.4 is 4.74 Å². The molecule has 0 fully saturated rings. The highest BCUT2D eigenvalue weighted by Gasteiger charge is 2.12. The molecule has 0 saturated carbocycles. The molecule has 1 heterocycles. The summed E-state index contributed by atoms with van der Waals surface area (Å²) in [7, 11) is 0. The number of aryl methyl sites for hydroxylation is 2. The molecule has 164 valence electrons. The molecular weight excluding hydrogens is 404 g/mol. The van der Waals surface area contributed by atoms with Crippen molar-refractivity contribution in [3.05, 3.63) is 120 Å². The number of rotatable bonds is 7. The molecule has 0 aliphatic heterocycles. The molecule has 3 heteroatoms. The van der Waals surface area contributed by atoms with Gasteiger partial charge in [-0.25, -0.2) is 4.98 Å². The normalized spacial score (nSPS) is 11.1. The van der Waals surface area contributed by atoms with Crippen LogP contribution in [0.1, 0.15) is 22.5 Å². The number of para-hydroxylation sites is 2. The lowest BCUT2D eigenvalue weighted by atomic mass is 10.0. The molecule has 0 amide bonds. The fourth-order valence-corrected chi connectivity index (χ4v) is 4.41. The average molecular weight is 433 g/mol. The summed E-state index contributed by atoms with van der Waals surface area (Å²) in [5.74, 6) is 1.99. The Hall–Kier alpha value is -3.85. The zero-order valence-electron chi connectivity index (χ0n) is 19.2. The van der Waals surface area contributed by atoms with E-state index in [0.29, 0.717) is 6.61 Å². The molecule has 0 aliphatic carbocycles. The van der Waals surface area contributed by atoms with Crippen molar-refractivity contribution in [2.45, 2.75) is 26.8 Å². The zero-order valence-corrected chi connectivity index (χ0v) is 19.2. The Balaban J connectivity index is 1.36. The van der Waals surface area contributed by atoms with Crippen LogP contribution in [0.2, 0.25) is 0 Å². The molecule has 5 rings (SSSR count). The summed E-state index contributed by atoms with van der Waals surface area (Å²) in [5, 5.41) is 0. The minimum atomic E-state index is 0.600. The van der Waals surface area contributed by atoms with Gasteiger partial charge in [0.05, 0.1) is 17.6 Å². The first-order valence-corrected chi connectivity index (χ1v) is 11.5.